The van der Waals surface area contributed by atoms with Crippen molar-refractivity contribution in [1.29, 1.82) is 0 Å². The highest BCUT2D eigenvalue weighted by molar-refractivity contribution is 5.88. The molecule has 3 aromatic carbocycles. The maximum absolute atomic E-state index is 14.0. The average Bonchev–Trinajstić information content (AvgIpc) is 2.95. The third-order valence-electron chi connectivity index (χ3n) is 6.79. The second-order valence-electron chi connectivity index (χ2n) is 10.4. The van der Waals surface area contributed by atoms with E-state index in [1.54, 1.807) is 4.90 Å². The molecule has 0 radical (unpaired) electrons. The van der Waals surface area contributed by atoms with Gasteiger partial charge in [0.2, 0.25) is 11.8 Å². The number of amides is 2. The van der Waals surface area contributed by atoms with Crippen molar-refractivity contribution in [2.45, 2.75) is 66.5 Å². The van der Waals surface area contributed by atoms with Crippen molar-refractivity contribution in [2.75, 3.05) is 19.8 Å². The number of ether oxygens (including phenoxy) is 2. The maximum Gasteiger partial charge on any atom is 0.243 e. The first-order valence-corrected chi connectivity index (χ1v) is 14.4. The minimum absolute atomic E-state index is 0.0595. The van der Waals surface area contributed by atoms with Crippen molar-refractivity contribution in [3.63, 3.8) is 0 Å². The largest absolute Gasteiger partial charge is 0.490 e. The molecule has 6 nitrogen and oxygen atoms in total. The molecule has 0 aromatic heterocycles. The molecule has 0 aliphatic heterocycles. The summed E-state index contributed by atoms with van der Waals surface area (Å²) in [6.07, 6.45) is 1.25. The van der Waals surface area contributed by atoms with E-state index in [4.69, 9.17) is 9.47 Å². The second kappa shape index (κ2) is 15.7. The molecule has 40 heavy (non-hydrogen) atoms. The van der Waals surface area contributed by atoms with Gasteiger partial charge in [-0.25, -0.2) is 0 Å². The summed E-state index contributed by atoms with van der Waals surface area (Å²) in [4.78, 5) is 29.4. The van der Waals surface area contributed by atoms with Crippen molar-refractivity contribution >= 4 is 11.8 Å². The molecule has 0 heterocycles. The fourth-order valence-electron chi connectivity index (χ4n) is 4.59. The van der Waals surface area contributed by atoms with Gasteiger partial charge in [0.15, 0.2) is 11.5 Å². The Balaban J connectivity index is 1.90. The van der Waals surface area contributed by atoms with E-state index in [0.717, 1.165) is 22.3 Å². The molecule has 214 valence electrons. The van der Waals surface area contributed by atoms with Crippen LogP contribution < -0.4 is 14.8 Å². The summed E-state index contributed by atoms with van der Waals surface area (Å²) in [5.74, 6) is 1.50. The van der Waals surface area contributed by atoms with Crippen LogP contribution in [0.25, 0.3) is 0 Å². The van der Waals surface area contributed by atoms with Gasteiger partial charge in [0, 0.05) is 25.9 Å². The van der Waals surface area contributed by atoms with E-state index in [2.05, 4.69) is 19.2 Å². The zero-order valence-corrected chi connectivity index (χ0v) is 24.6. The summed E-state index contributed by atoms with van der Waals surface area (Å²) in [6.45, 7) is 12.0. The Kier molecular flexibility index (Phi) is 12.1. The minimum atomic E-state index is -0.632. The number of hydrogen-bond donors (Lipinski definition) is 1. The van der Waals surface area contributed by atoms with Gasteiger partial charge in [-0.3, -0.25) is 9.59 Å². The van der Waals surface area contributed by atoms with Crippen LogP contribution in [-0.4, -0.2) is 42.5 Å². The third-order valence-corrected chi connectivity index (χ3v) is 6.79. The minimum Gasteiger partial charge on any atom is -0.490 e. The number of rotatable bonds is 15. The van der Waals surface area contributed by atoms with Crippen LogP contribution >= 0.6 is 0 Å². The van der Waals surface area contributed by atoms with E-state index < -0.39 is 6.04 Å². The lowest BCUT2D eigenvalue weighted by molar-refractivity contribution is -0.141. The highest BCUT2D eigenvalue weighted by Gasteiger charge is 2.30. The number of hydrogen-bond acceptors (Lipinski definition) is 4. The van der Waals surface area contributed by atoms with Crippen molar-refractivity contribution in [3.05, 3.63) is 95.1 Å². The molecule has 3 rings (SSSR count). The normalized spacial score (nSPS) is 11.7. The molecule has 0 saturated heterocycles. The quantitative estimate of drug-likeness (QED) is 0.250. The summed E-state index contributed by atoms with van der Waals surface area (Å²) in [7, 11) is 0. The Labute approximate surface area is 239 Å². The molecule has 3 aromatic rings. The molecule has 0 bridgehead atoms. The Morgan fingerprint density at radius 3 is 2.20 bits per heavy atom. The zero-order chi connectivity index (χ0) is 28.9. The van der Waals surface area contributed by atoms with Gasteiger partial charge in [0.25, 0.3) is 0 Å². The van der Waals surface area contributed by atoms with Gasteiger partial charge >= 0.3 is 0 Å². The molecular formula is C34H44N2O4. The van der Waals surface area contributed by atoms with Gasteiger partial charge in [-0.05, 0) is 67.5 Å². The first-order chi connectivity index (χ1) is 19.3. The molecule has 1 atom stereocenters. The fraction of sp³-hybridized carbons (Fsp3) is 0.412. The zero-order valence-electron chi connectivity index (χ0n) is 24.6. The van der Waals surface area contributed by atoms with E-state index in [1.807, 2.05) is 93.6 Å². The number of nitrogens with zero attached hydrogens (tertiary/aromatic N) is 1. The molecule has 0 saturated carbocycles. The van der Waals surface area contributed by atoms with Crippen LogP contribution in [0.3, 0.4) is 0 Å². The van der Waals surface area contributed by atoms with E-state index >= 15 is 0 Å². The summed E-state index contributed by atoms with van der Waals surface area (Å²) < 4.78 is 11.5. The number of carbonyl (C=O) groups is 2. The van der Waals surface area contributed by atoms with Crippen molar-refractivity contribution in [2.24, 2.45) is 5.92 Å². The predicted octanol–water partition coefficient (Wildman–Crippen LogP) is 6.14. The maximum atomic E-state index is 14.0. The van der Waals surface area contributed by atoms with Crippen LogP contribution in [0.15, 0.2) is 72.8 Å². The van der Waals surface area contributed by atoms with Crippen molar-refractivity contribution < 1.29 is 19.1 Å². The second-order valence-corrected chi connectivity index (χ2v) is 10.4. The van der Waals surface area contributed by atoms with E-state index in [1.165, 1.54) is 0 Å². The highest BCUT2D eigenvalue weighted by Crippen LogP contribution is 2.29. The lowest BCUT2D eigenvalue weighted by atomic mass is 10.00. The molecule has 0 fully saturated rings. The Hall–Kier alpha value is -3.80. The van der Waals surface area contributed by atoms with Gasteiger partial charge in [-0.2, -0.15) is 0 Å². The molecule has 1 N–H and O–H groups in total. The number of aryl methyl sites for hydroxylation is 2. The SMILES string of the molecule is CCOc1ccc(CCC(=O)N(Cc2ccccc2C)[C@H](Cc2ccccc2)C(=O)NCC(C)C)cc1OCC. The standard InChI is InChI=1S/C34H44N2O4/c1-6-39-31-19-17-28(22-32(31)40-7-2)18-20-33(37)36(24-29-16-12-11-13-26(29)5)30(34(38)35-23-25(3)4)21-27-14-9-8-10-15-27/h8-17,19,22,25,30H,6-7,18,20-21,23-24H2,1-5H3,(H,35,38)/t30-/m1/s1. The fourth-order valence-corrected chi connectivity index (χ4v) is 4.59. The van der Waals surface area contributed by atoms with Crippen LogP contribution in [0, 0.1) is 12.8 Å². The van der Waals surface area contributed by atoms with Crippen LogP contribution in [0.1, 0.15) is 56.4 Å². The van der Waals surface area contributed by atoms with Gasteiger partial charge in [0.1, 0.15) is 6.04 Å². The summed E-state index contributed by atoms with van der Waals surface area (Å²) in [5, 5.41) is 3.09. The van der Waals surface area contributed by atoms with Crippen LogP contribution in [0.4, 0.5) is 0 Å². The van der Waals surface area contributed by atoms with E-state index in [-0.39, 0.29) is 18.2 Å². The van der Waals surface area contributed by atoms with E-state index in [9.17, 15) is 9.59 Å². The lowest BCUT2D eigenvalue weighted by Gasteiger charge is -2.32. The van der Waals surface area contributed by atoms with E-state index in [0.29, 0.717) is 56.6 Å². The van der Waals surface area contributed by atoms with Crippen LogP contribution in [0.5, 0.6) is 11.5 Å². The van der Waals surface area contributed by atoms with Crippen LogP contribution in [-0.2, 0) is 29.0 Å². The Bertz CT molecular complexity index is 1230. The number of nitrogens with one attached hydrogen (secondary N) is 1. The molecule has 0 aliphatic carbocycles. The molecule has 6 heteroatoms. The van der Waals surface area contributed by atoms with Crippen molar-refractivity contribution in [1.82, 2.24) is 10.2 Å². The first kappa shape index (κ1) is 30.7. The van der Waals surface area contributed by atoms with Gasteiger partial charge in [0.05, 0.1) is 13.2 Å². The monoisotopic (exact) mass is 544 g/mol. The van der Waals surface area contributed by atoms with Gasteiger partial charge in [-0.15, -0.1) is 0 Å². The number of benzene rings is 3. The highest BCUT2D eigenvalue weighted by atomic mass is 16.5. The topological polar surface area (TPSA) is 67.9 Å². The Morgan fingerprint density at radius 2 is 1.52 bits per heavy atom. The molecule has 0 spiro atoms. The molecule has 2 amide bonds. The van der Waals surface area contributed by atoms with Crippen molar-refractivity contribution in [3.8, 4) is 11.5 Å². The lowest BCUT2D eigenvalue weighted by Crippen LogP contribution is -2.51. The molecule has 0 unspecified atom stereocenters. The molecular weight excluding hydrogens is 500 g/mol. The smallest absolute Gasteiger partial charge is 0.243 e. The number of carbonyl (C=O) groups excluding carboxylic acids is 2. The third kappa shape index (κ3) is 9.15. The Morgan fingerprint density at radius 1 is 0.850 bits per heavy atom. The predicted molar refractivity (Wildman–Crippen MR) is 161 cm³/mol. The van der Waals surface area contributed by atoms with Crippen LogP contribution in [0.2, 0.25) is 0 Å². The summed E-state index contributed by atoms with van der Waals surface area (Å²) in [5.41, 5.74) is 4.13. The average molecular weight is 545 g/mol. The van der Waals surface area contributed by atoms with Gasteiger partial charge in [-0.1, -0.05) is 74.5 Å². The molecule has 0 aliphatic rings. The van der Waals surface area contributed by atoms with Gasteiger partial charge < -0.3 is 19.7 Å². The first-order valence-electron chi connectivity index (χ1n) is 14.4. The summed E-state index contributed by atoms with van der Waals surface area (Å²) >= 11 is 0. The summed E-state index contributed by atoms with van der Waals surface area (Å²) in [6, 6.07) is 23.1.